The number of rotatable bonds is 4. The number of hydrogen-bond donors (Lipinski definition) is 0. The Bertz CT molecular complexity index is 680. The minimum Gasteiger partial charge on any atom is -0.454 e. The third kappa shape index (κ3) is 2.55. The van der Waals surface area contributed by atoms with E-state index in [2.05, 4.69) is 9.55 Å². The van der Waals surface area contributed by atoms with Crippen LogP contribution in [0.25, 0.3) is 11.4 Å². The van der Waals surface area contributed by atoms with Crippen LogP contribution in [0.1, 0.15) is 12.8 Å². The van der Waals surface area contributed by atoms with Gasteiger partial charge in [0.05, 0.1) is 5.02 Å². The minimum atomic E-state index is 0.241. The molecule has 1 unspecified atom stereocenters. The molecule has 1 aromatic heterocycles. The number of aromatic nitrogens is 2. The fourth-order valence-electron chi connectivity index (χ4n) is 2.96. The molecule has 2 aromatic rings. The smallest absolute Gasteiger partial charge is 0.231 e. The third-order valence-electron chi connectivity index (χ3n) is 4.22. The number of benzene rings is 1. The molecule has 0 N–H and O–H groups in total. The average Bonchev–Trinajstić information content (AvgIpc) is 3.25. The van der Waals surface area contributed by atoms with Crippen molar-refractivity contribution in [3.8, 4) is 22.9 Å². The van der Waals surface area contributed by atoms with Crippen LogP contribution in [-0.4, -0.2) is 29.6 Å². The molecule has 0 radical (unpaired) electrons. The minimum absolute atomic E-state index is 0.241. The summed E-state index contributed by atoms with van der Waals surface area (Å²) in [4.78, 5) is 4.47. The summed E-state index contributed by atoms with van der Waals surface area (Å²) in [6, 6.07) is 3.70. The second-order valence-corrected chi connectivity index (χ2v) is 6.06. The Morgan fingerprint density at radius 3 is 2.95 bits per heavy atom. The lowest BCUT2D eigenvalue weighted by Gasteiger charge is -2.12. The fourth-order valence-corrected chi connectivity index (χ4v) is 3.19. The van der Waals surface area contributed by atoms with Gasteiger partial charge in [-0.3, -0.25) is 0 Å². The van der Waals surface area contributed by atoms with Crippen molar-refractivity contribution >= 4 is 11.6 Å². The Morgan fingerprint density at radius 2 is 2.14 bits per heavy atom. The third-order valence-corrected chi connectivity index (χ3v) is 4.53. The maximum atomic E-state index is 6.39. The summed E-state index contributed by atoms with van der Waals surface area (Å²) in [6.07, 6.45) is 6.04. The number of ether oxygens (including phenoxy) is 3. The molecule has 5 nitrogen and oxygen atoms in total. The molecule has 0 aliphatic carbocycles. The first kappa shape index (κ1) is 13.9. The molecule has 4 rings (SSSR count). The first-order chi connectivity index (χ1) is 10.8. The van der Waals surface area contributed by atoms with Crippen molar-refractivity contribution in [2.24, 2.45) is 5.92 Å². The van der Waals surface area contributed by atoms with Gasteiger partial charge in [-0.15, -0.1) is 0 Å². The predicted molar refractivity (Wildman–Crippen MR) is 82.3 cm³/mol. The Hall–Kier alpha value is -1.72. The van der Waals surface area contributed by atoms with E-state index in [1.807, 2.05) is 12.3 Å². The quantitative estimate of drug-likeness (QED) is 0.866. The van der Waals surface area contributed by atoms with Crippen molar-refractivity contribution in [2.75, 3.05) is 20.0 Å². The van der Waals surface area contributed by atoms with E-state index in [0.717, 1.165) is 49.7 Å². The molecule has 2 aliphatic rings. The SMILES string of the molecule is Clc1cc2c(cc1-c1nccn1CCC1CCOC1)OCO2. The summed E-state index contributed by atoms with van der Waals surface area (Å²) in [6.45, 7) is 2.91. The van der Waals surface area contributed by atoms with Crippen molar-refractivity contribution < 1.29 is 14.2 Å². The summed E-state index contributed by atoms with van der Waals surface area (Å²) >= 11 is 6.39. The monoisotopic (exact) mass is 320 g/mol. The number of hydrogen-bond acceptors (Lipinski definition) is 4. The van der Waals surface area contributed by atoms with Crippen molar-refractivity contribution in [1.29, 1.82) is 0 Å². The summed E-state index contributed by atoms with van der Waals surface area (Å²) < 4.78 is 18.4. The van der Waals surface area contributed by atoms with E-state index in [4.69, 9.17) is 25.8 Å². The lowest BCUT2D eigenvalue weighted by molar-refractivity contribution is 0.174. The van der Waals surface area contributed by atoms with Gasteiger partial charge in [-0.25, -0.2) is 4.98 Å². The number of halogens is 1. The van der Waals surface area contributed by atoms with Crippen LogP contribution in [0.15, 0.2) is 24.5 Å². The van der Waals surface area contributed by atoms with Crippen LogP contribution >= 0.6 is 11.6 Å². The van der Waals surface area contributed by atoms with Crippen molar-refractivity contribution in [3.05, 3.63) is 29.5 Å². The first-order valence-corrected chi connectivity index (χ1v) is 7.87. The van der Waals surface area contributed by atoms with E-state index in [9.17, 15) is 0 Å². The molecule has 0 bridgehead atoms. The Morgan fingerprint density at radius 1 is 1.27 bits per heavy atom. The first-order valence-electron chi connectivity index (χ1n) is 7.49. The van der Waals surface area contributed by atoms with Crippen LogP contribution in [0.2, 0.25) is 5.02 Å². The summed E-state index contributed by atoms with van der Waals surface area (Å²) in [7, 11) is 0. The highest BCUT2D eigenvalue weighted by Gasteiger charge is 2.20. The number of aryl methyl sites for hydroxylation is 1. The zero-order valence-electron chi connectivity index (χ0n) is 12.1. The normalized spacial score (nSPS) is 19.8. The number of nitrogens with zero attached hydrogens (tertiary/aromatic N) is 2. The van der Waals surface area contributed by atoms with Gasteiger partial charge in [-0.05, 0) is 24.8 Å². The second-order valence-electron chi connectivity index (χ2n) is 5.65. The van der Waals surface area contributed by atoms with Gasteiger partial charge in [0.15, 0.2) is 11.5 Å². The Balaban J connectivity index is 1.59. The molecule has 2 aliphatic heterocycles. The van der Waals surface area contributed by atoms with Gasteiger partial charge < -0.3 is 18.8 Å². The van der Waals surface area contributed by atoms with Gasteiger partial charge in [0, 0.05) is 43.8 Å². The topological polar surface area (TPSA) is 45.5 Å². The second kappa shape index (κ2) is 5.82. The summed E-state index contributed by atoms with van der Waals surface area (Å²) in [5.74, 6) is 2.91. The number of fused-ring (bicyclic) bond motifs is 1. The van der Waals surface area contributed by atoms with Crippen molar-refractivity contribution in [2.45, 2.75) is 19.4 Å². The van der Waals surface area contributed by atoms with Crippen LogP contribution < -0.4 is 9.47 Å². The molecule has 1 atom stereocenters. The van der Waals surface area contributed by atoms with E-state index in [1.54, 1.807) is 12.3 Å². The van der Waals surface area contributed by atoms with Crippen LogP contribution in [0.3, 0.4) is 0 Å². The van der Waals surface area contributed by atoms with Gasteiger partial charge in [0.25, 0.3) is 0 Å². The fraction of sp³-hybridized carbons (Fsp3) is 0.438. The molecule has 6 heteroatoms. The number of imidazole rings is 1. The van der Waals surface area contributed by atoms with E-state index in [0.29, 0.717) is 16.7 Å². The summed E-state index contributed by atoms with van der Waals surface area (Å²) in [5.41, 5.74) is 0.874. The largest absolute Gasteiger partial charge is 0.454 e. The van der Waals surface area contributed by atoms with E-state index >= 15 is 0 Å². The highest BCUT2D eigenvalue weighted by molar-refractivity contribution is 6.33. The van der Waals surface area contributed by atoms with Gasteiger partial charge in [0.2, 0.25) is 6.79 Å². The van der Waals surface area contributed by atoms with E-state index < -0.39 is 0 Å². The maximum absolute atomic E-state index is 6.39. The molecular formula is C16H17ClN2O3. The van der Waals surface area contributed by atoms with Gasteiger partial charge in [0.1, 0.15) is 5.82 Å². The molecule has 1 fully saturated rings. The molecule has 3 heterocycles. The molecule has 0 spiro atoms. The molecule has 22 heavy (non-hydrogen) atoms. The van der Waals surface area contributed by atoms with Gasteiger partial charge in [-0.1, -0.05) is 11.6 Å². The van der Waals surface area contributed by atoms with Gasteiger partial charge >= 0.3 is 0 Å². The van der Waals surface area contributed by atoms with Crippen LogP contribution in [-0.2, 0) is 11.3 Å². The zero-order valence-corrected chi connectivity index (χ0v) is 12.9. The average molecular weight is 321 g/mol. The van der Waals surface area contributed by atoms with Crippen molar-refractivity contribution in [1.82, 2.24) is 9.55 Å². The van der Waals surface area contributed by atoms with E-state index in [-0.39, 0.29) is 6.79 Å². The summed E-state index contributed by atoms with van der Waals surface area (Å²) in [5, 5.41) is 0.626. The molecule has 1 aromatic carbocycles. The lowest BCUT2D eigenvalue weighted by atomic mass is 10.1. The molecule has 0 amide bonds. The molecule has 116 valence electrons. The molecule has 1 saturated heterocycles. The highest BCUT2D eigenvalue weighted by Crippen LogP contribution is 2.40. The maximum Gasteiger partial charge on any atom is 0.231 e. The zero-order chi connectivity index (χ0) is 14.9. The Kier molecular flexibility index (Phi) is 3.68. The predicted octanol–water partition coefficient (Wildman–Crippen LogP) is 3.36. The van der Waals surface area contributed by atoms with Crippen LogP contribution in [0.5, 0.6) is 11.5 Å². The Labute approximate surface area is 133 Å². The van der Waals surface area contributed by atoms with Crippen LogP contribution in [0, 0.1) is 5.92 Å². The van der Waals surface area contributed by atoms with Crippen LogP contribution in [0.4, 0.5) is 0 Å². The standard InChI is InChI=1S/C16H17ClN2O3/c17-13-8-15-14(21-10-22-15)7-12(13)16-18-3-5-19(16)4-1-11-2-6-20-9-11/h3,5,7-8,11H,1-2,4,6,9-10H2. The molecular weight excluding hydrogens is 304 g/mol. The molecule has 0 saturated carbocycles. The van der Waals surface area contributed by atoms with Crippen molar-refractivity contribution in [3.63, 3.8) is 0 Å². The highest BCUT2D eigenvalue weighted by atomic mass is 35.5. The van der Waals surface area contributed by atoms with Gasteiger partial charge in [-0.2, -0.15) is 0 Å². The van der Waals surface area contributed by atoms with E-state index in [1.165, 1.54) is 0 Å². The lowest BCUT2D eigenvalue weighted by Crippen LogP contribution is -2.07.